The molecule has 0 radical (unpaired) electrons. The van der Waals surface area contributed by atoms with Crippen molar-refractivity contribution in [2.24, 2.45) is 4.99 Å². The van der Waals surface area contributed by atoms with Crippen molar-refractivity contribution in [2.45, 2.75) is 56.2 Å². The normalized spacial score (nSPS) is 28.3. The summed E-state index contributed by atoms with van der Waals surface area (Å²) in [4.78, 5) is 10.3. The second-order valence-electron chi connectivity index (χ2n) is 7.65. The van der Waals surface area contributed by atoms with Crippen LogP contribution in [0.3, 0.4) is 0 Å². The molecule has 0 aromatic rings. The molecule has 3 heterocycles. The van der Waals surface area contributed by atoms with Crippen molar-refractivity contribution in [3.63, 3.8) is 0 Å². The largest absolute Gasteiger partial charge is 0.381 e. The van der Waals surface area contributed by atoms with Gasteiger partial charge in [-0.25, -0.2) is 0 Å². The van der Waals surface area contributed by atoms with Crippen LogP contribution in [0.4, 0.5) is 0 Å². The van der Waals surface area contributed by atoms with E-state index < -0.39 is 0 Å². The van der Waals surface area contributed by atoms with Crippen LogP contribution < -0.4 is 5.32 Å². The molecule has 25 heavy (non-hydrogen) atoms. The van der Waals surface area contributed by atoms with Crippen molar-refractivity contribution in [1.29, 1.82) is 0 Å². The summed E-state index contributed by atoms with van der Waals surface area (Å²) in [7, 11) is 0. The average molecular weight is 369 g/mol. The van der Waals surface area contributed by atoms with Crippen LogP contribution >= 0.6 is 11.8 Å². The Bertz CT molecular complexity index is 433. The molecule has 3 rings (SSSR count). The smallest absolute Gasteiger partial charge is 0.194 e. The lowest BCUT2D eigenvalue weighted by Gasteiger charge is -2.35. The minimum absolute atomic E-state index is 0.269. The first-order chi connectivity index (χ1) is 12.3. The van der Waals surface area contributed by atoms with Gasteiger partial charge in [0.2, 0.25) is 0 Å². The maximum Gasteiger partial charge on any atom is 0.194 e. The lowest BCUT2D eigenvalue weighted by molar-refractivity contribution is 0.0793. The highest BCUT2D eigenvalue weighted by Gasteiger charge is 2.33. The van der Waals surface area contributed by atoms with Crippen LogP contribution in [0.25, 0.3) is 0 Å². The molecular formula is C19H36N4OS. The Hall–Kier alpha value is -0.460. The monoisotopic (exact) mass is 368 g/mol. The molecule has 0 aromatic carbocycles. The molecule has 0 aliphatic carbocycles. The fourth-order valence-electron chi connectivity index (χ4n) is 4.33. The summed E-state index contributed by atoms with van der Waals surface area (Å²) in [5, 5.41) is 3.55. The average Bonchev–Trinajstić information content (AvgIpc) is 3.16. The number of hydrogen-bond acceptors (Lipinski definition) is 4. The number of rotatable bonds is 5. The van der Waals surface area contributed by atoms with E-state index in [-0.39, 0.29) is 4.75 Å². The Morgan fingerprint density at radius 3 is 2.64 bits per heavy atom. The highest BCUT2D eigenvalue weighted by molar-refractivity contribution is 8.00. The van der Waals surface area contributed by atoms with Crippen molar-refractivity contribution >= 4 is 17.7 Å². The van der Waals surface area contributed by atoms with Gasteiger partial charge in [-0.2, -0.15) is 11.8 Å². The molecule has 0 aromatic heterocycles. The number of ether oxygens (including phenoxy) is 1. The second kappa shape index (κ2) is 9.47. The van der Waals surface area contributed by atoms with Gasteiger partial charge in [-0.1, -0.05) is 6.42 Å². The SMILES string of the molecule is CCNC(=NCC1(SC)CCOCC1)N1CCC(N2CCCCC2)C1. The summed E-state index contributed by atoms with van der Waals surface area (Å²) in [6.45, 7) is 10.7. The van der Waals surface area contributed by atoms with Gasteiger partial charge in [0.25, 0.3) is 0 Å². The van der Waals surface area contributed by atoms with E-state index in [1.807, 2.05) is 11.8 Å². The summed E-state index contributed by atoms with van der Waals surface area (Å²) in [5.74, 6) is 1.13. The third-order valence-electron chi connectivity index (χ3n) is 6.06. The van der Waals surface area contributed by atoms with Gasteiger partial charge in [0.1, 0.15) is 0 Å². The fraction of sp³-hybridized carbons (Fsp3) is 0.947. The summed E-state index contributed by atoms with van der Waals surface area (Å²) >= 11 is 1.98. The molecule has 6 heteroatoms. The van der Waals surface area contributed by atoms with E-state index in [1.165, 1.54) is 38.8 Å². The molecule has 3 fully saturated rings. The Labute approximate surface area is 157 Å². The first-order valence-corrected chi connectivity index (χ1v) is 11.4. The molecule has 0 spiro atoms. The van der Waals surface area contributed by atoms with Crippen LogP contribution in [0.5, 0.6) is 0 Å². The molecule has 3 aliphatic heterocycles. The number of aliphatic imine (C=N–C) groups is 1. The number of guanidine groups is 1. The van der Waals surface area contributed by atoms with Crippen LogP contribution in [0.2, 0.25) is 0 Å². The van der Waals surface area contributed by atoms with Gasteiger partial charge in [-0.3, -0.25) is 9.89 Å². The zero-order chi connectivity index (χ0) is 17.5. The van der Waals surface area contributed by atoms with E-state index in [0.717, 1.165) is 64.2 Å². The molecule has 1 atom stereocenters. The van der Waals surface area contributed by atoms with E-state index in [2.05, 4.69) is 28.3 Å². The van der Waals surface area contributed by atoms with Crippen LogP contribution in [-0.4, -0.2) is 85.3 Å². The zero-order valence-corrected chi connectivity index (χ0v) is 17.0. The van der Waals surface area contributed by atoms with E-state index in [9.17, 15) is 0 Å². The zero-order valence-electron chi connectivity index (χ0n) is 16.1. The topological polar surface area (TPSA) is 40.1 Å². The van der Waals surface area contributed by atoms with E-state index >= 15 is 0 Å². The van der Waals surface area contributed by atoms with Gasteiger partial charge in [0.15, 0.2) is 5.96 Å². The minimum atomic E-state index is 0.269. The third-order valence-corrected chi connectivity index (χ3v) is 7.46. The number of thioether (sulfide) groups is 1. The molecule has 1 N–H and O–H groups in total. The number of hydrogen-bond donors (Lipinski definition) is 1. The lowest BCUT2D eigenvalue weighted by Crippen LogP contribution is -2.45. The Balaban J connectivity index is 1.60. The molecule has 1 unspecified atom stereocenters. The summed E-state index contributed by atoms with van der Waals surface area (Å²) in [5.41, 5.74) is 0. The Kier molecular flexibility index (Phi) is 7.31. The summed E-state index contributed by atoms with van der Waals surface area (Å²) in [6, 6.07) is 0.724. The number of likely N-dealkylation sites (tertiary alicyclic amines) is 2. The minimum Gasteiger partial charge on any atom is -0.381 e. The van der Waals surface area contributed by atoms with Gasteiger partial charge in [0, 0.05) is 43.6 Å². The van der Waals surface area contributed by atoms with Gasteiger partial charge in [-0.05, 0) is 58.4 Å². The highest BCUT2D eigenvalue weighted by Crippen LogP contribution is 2.34. The number of nitrogens with zero attached hydrogens (tertiary/aromatic N) is 3. The van der Waals surface area contributed by atoms with E-state index in [4.69, 9.17) is 9.73 Å². The van der Waals surface area contributed by atoms with Gasteiger partial charge >= 0.3 is 0 Å². The van der Waals surface area contributed by atoms with Crippen LogP contribution in [0.1, 0.15) is 45.4 Å². The quantitative estimate of drug-likeness (QED) is 0.596. The fourth-order valence-corrected chi connectivity index (χ4v) is 5.10. The number of piperidine rings is 1. The molecule has 5 nitrogen and oxygen atoms in total. The first-order valence-electron chi connectivity index (χ1n) is 10.2. The molecule has 0 bridgehead atoms. The molecule has 3 saturated heterocycles. The van der Waals surface area contributed by atoms with Crippen LogP contribution in [-0.2, 0) is 4.74 Å². The van der Waals surface area contributed by atoms with E-state index in [0.29, 0.717) is 0 Å². The van der Waals surface area contributed by atoms with Gasteiger partial charge in [-0.15, -0.1) is 0 Å². The van der Waals surface area contributed by atoms with Crippen molar-refractivity contribution < 1.29 is 4.74 Å². The summed E-state index contributed by atoms with van der Waals surface area (Å²) in [6.07, 6.45) is 9.92. The molecule has 3 aliphatic rings. The summed E-state index contributed by atoms with van der Waals surface area (Å²) < 4.78 is 5.84. The maximum absolute atomic E-state index is 5.57. The lowest BCUT2D eigenvalue weighted by atomic mass is 9.99. The van der Waals surface area contributed by atoms with Crippen LogP contribution in [0.15, 0.2) is 4.99 Å². The molecule has 144 valence electrons. The molecule has 0 amide bonds. The van der Waals surface area contributed by atoms with Gasteiger partial charge in [0.05, 0.1) is 6.54 Å². The molecular weight excluding hydrogens is 332 g/mol. The first kappa shape index (κ1) is 19.3. The van der Waals surface area contributed by atoms with Crippen molar-refractivity contribution in [2.75, 3.05) is 58.7 Å². The Morgan fingerprint density at radius 1 is 1.20 bits per heavy atom. The van der Waals surface area contributed by atoms with Crippen molar-refractivity contribution in [1.82, 2.24) is 15.1 Å². The van der Waals surface area contributed by atoms with Crippen molar-refractivity contribution in [3.8, 4) is 0 Å². The molecule has 0 saturated carbocycles. The van der Waals surface area contributed by atoms with Gasteiger partial charge < -0.3 is 15.0 Å². The van der Waals surface area contributed by atoms with E-state index in [1.54, 1.807) is 0 Å². The second-order valence-corrected chi connectivity index (χ2v) is 8.93. The Morgan fingerprint density at radius 2 is 1.96 bits per heavy atom. The third kappa shape index (κ3) is 5.04. The highest BCUT2D eigenvalue weighted by atomic mass is 32.2. The predicted molar refractivity (Wildman–Crippen MR) is 108 cm³/mol. The standard InChI is InChI=1S/C19H36N4OS/c1-3-20-18(21-16-19(25-2)8-13-24-14-9-19)23-12-7-17(15-23)22-10-5-4-6-11-22/h17H,3-16H2,1-2H3,(H,20,21). The van der Waals surface area contributed by atoms with Crippen LogP contribution in [0, 0.1) is 0 Å². The predicted octanol–water partition coefficient (Wildman–Crippen LogP) is 2.42. The number of nitrogens with one attached hydrogen (secondary N) is 1. The maximum atomic E-state index is 5.57. The van der Waals surface area contributed by atoms with Crippen molar-refractivity contribution in [3.05, 3.63) is 0 Å².